The molecule has 2 amide bonds. The number of hydrogen-bond acceptors (Lipinski definition) is 3. The zero-order valence-electron chi connectivity index (χ0n) is 20.3. The van der Waals surface area contributed by atoms with Gasteiger partial charge in [0.05, 0.1) is 0 Å². The van der Waals surface area contributed by atoms with Crippen LogP contribution in [-0.2, 0) is 4.79 Å². The van der Waals surface area contributed by atoms with Crippen LogP contribution in [0.15, 0.2) is 109 Å². The highest BCUT2D eigenvalue weighted by Gasteiger charge is 2.16. The van der Waals surface area contributed by atoms with Crippen molar-refractivity contribution < 1.29 is 18.8 Å². The number of ketones is 1. The van der Waals surface area contributed by atoms with E-state index in [2.05, 4.69) is 10.6 Å². The van der Waals surface area contributed by atoms with Gasteiger partial charge in [-0.05, 0) is 72.8 Å². The standard InChI is InChI=1S/C31H21Cl2FN2O3/c32-25-10-6-11-26(33)24(25)17-18-29(37)20-13-15-23(16-14-20)35-31(39)28(19-22-9-4-5-12-27(22)34)36-30(38)21-7-2-1-3-8-21/h1-19H,(H,35,39)(H,36,38)/b18-17+,28-19-. The number of rotatable bonds is 8. The maximum absolute atomic E-state index is 14.3. The number of benzene rings is 4. The summed E-state index contributed by atoms with van der Waals surface area (Å²) < 4.78 is 14.3. The molecule has 4 aromatic carbocycles. The average molecular weight is 559 g/mol. The van der Waals surface area contributed by atoms with Crippen LogP contribution >= 0.6 is 23.2 Å². The zero-order valence-corrected chi connectivity index (χ0v) is 21.8. The molecule has 0 aliphatic heterocycles. The monoisotopic (exact) mass is 558 g/mol. The third kappa shape index (κ3) is 7.29. The molecule has 194 valence electrons. The third-order valence-electron chi connectivity index (χ3n) is 5.56. The van der Waals surface area contributed by atoms with Gasteiger partial charge in [0.1, 0.15) is 11.5 Å². The summed E-state index contributed by atoms with van der Waals surface area (Å²) in [7, 11) is 0. The summed E-state index contributed by atoms with van der Waals surface area (Å²) in [6.45, 7) is 0. The minimum Gasteiger partial charge on any atom is -0.321 e. The van der Waals surface area contributed by atoms with Crippen molar-refractivity contribution in [3.63, 3.8) is 0 Å². The molecule has 0 bridgehead atoms. The first-order chi connectivity index (χ1) is 18.8. The van der Waals surface area contributed by atoms with Gasteiger partial charge in [-0.1, -0.05) is 65.7 Å². The zero-order chi connectivity index (χ0) is 27.8. The van der Waals surface area contributed by atoms with Crippen LogP contribution in [0.3, 0.4) is 0 Å². The number of amides is 2. The van der Waals surface area contributed by atoms with E-state index in [0.717, 1.165) is 0 Å². The highest BCUT2D eigenvalue weighted by molar-refractivity contribution is 6.37. The van der Waals surface area contributed by atoms with Gasteiger partial charge in [-0.25, -0.2) is 4.39 Å². The summed E-state index contributed by atoms with van der Waals surface area (Å²) in [5.74, 6) is -2.04. The van der Waals surface area contributed by atoms with E-state index in [9.17, 15) is 18.8 Å². The Morgan fingerprint density at radius 1 is 0.718 bits per heavy atom. The van der Waals surface area contributed by atoms with E-state index < -0.39 is 17.6 Å². The van der Waals surface area contributed by atoms with Crippen LogP contribution in [0.2, 0.25) is 10.0 Å². The second-order valence-electron chi connectivity index (χ2n) is 8.26. The van der Waals surface area contributed by atoms with E-state index in [1.54, 1.807) is 78.9 Å². The quantitative estimate of drug-likeness (QED) is 0.174. The molecule has 0 unspecified atom stereocenters. The minimum atomic E-state index is -0.671. The molecule has 0 atom stereocenters. The Morgan fingerprint density at radius 2 is 1.36 bits per heavy atom. The number of halogens is 3. The van der Waals surface area contributed by atoms with Gasteiger partial charge in [-0.15, -0.1) is 0 Å². The SMILES string of the molecule is O=C(Nc1ccc(C(=O)/C=C/c2c(Cl)cccc2Cl)cc1)/C(=C/c1ccccc1F)NC(=O)c1ccccc1. The number of carbonyl (C=O) groups excluding carboxylic acids is 3. The molecule has 0 aliphatic carbocycles. The minimum absolute atomic E-state index is 0.127. The topological polar surface area (TPSA) is 75.3 Å². The fourth-order valence-corrected chi connectivity index (χ4v) is 4.05. The summed E-state index contributed by atoms with van der Waals surface area (Å²) in [6.07, 6.45) is 4.15. The molecule has 8 heteroatoms. The van der Waals surface area contributed by atoms with Crippen molar-refractivity contribution in [2.45, 2.75) is 0 Å². The van der Waals surface area contributed by atoms with Crippen molar-refractivity contribution in [3.05, 3.63) is 147 Å². The van der Waals surface area contributed by atoms with Crippen molar-refractivity contribution in [1.29, 1.82) is 0 Å². The summed E-state index contributed by atoms with van der Waals surface area (Å²) in [5, 5.41) is 6.07. The van der Waals surface area contributed by atoms with Crippen molar-refractivity contribution in [3.8, 4) is 0 Å². The summed E-state index contributed by atoms with van der Waals surface area (Å²) >= 11 is 12.3. The second kappa shape index (κ2) is 12.8. The van der Waals surface area contributed by atoms with Gasteiger partial charge >= 0.3 is 0 Å². The third-order valence-corrected chi connectivity index (χ3v) is 6.22. The van der Waals surface area contributed by atoms with Gasteiger partial charge in [0.25, 0.3) is 11.8 Å². The molecule has 39 heavy (non-hydrogen) atoms. The van der Waals surface area contributed by atoms with Crippen LogP contribution in [0.5, 0.6) is 0 Å². The fourth-order valence-electron chi connectivity index (χ4n) is 3.53. The summed E-state index contributed by atoms with van der Waals surface area (Å²) in [4.78, 5) is 38.5. The van der Waals surface area contributed by atoms with Gasteiger partial charge in [-0.2, -0.15) is 0 Å². The van der Waals surface area contributed by atoms with E-state index in [1.807, 2.05) is 0 Å². The molecule has 0 spiro atoms. The van der Waals surface area contributed by atoms with Crippen LogP contribution in [0.4, 0.5) is 10.1 Å². The Balaban J connectivity index is 1.51. The molecule has 0 aliphatic rings. The summed E-state index contributed by atoms with van der Waals surface area (Å²) in [6, 6.07) is 25.4. The van der Waals surface area contributed by atoms with E-state index in [0.29, 0.717) is 32.4 Å². The Morgan fingerprint density at radius 3 is 2.03 bits per heavy atom. The van der Waals surface area contributed by atoms with Gasteiger partial charge < -0.3 is 10.6 Å². The lowest BCUT2D eigenvalue weighted by molar-refractivity contribution is -0.113. The Kier molecular flexibility index (Phi) is 9.05. The normalized spacial score (nSPS) is 11.3. The van der Waals surface area contributed by atoms with Crippen molar-refractivity contribution in [2.75, 3.05) is 5.32 Å². The molecule has 0 radical (unpaired) electrons. The van der Waals surface area contributed by atoms with Crippen LogP contribution in [0.1, 0.15) is 31.8 Å². The van der Waals surface area contributed by atoms with E-state index in [1.165, 1.54) is 36.4 Å². The number of anilines is 1. The largest absolute Gasteiger partial charge is 0.321 e. The maximum atomic E-state index is 14.3. The first kappa shape index (κ1) is 27.5. The molecule has 0 saturated heterocycles. The molecule has 4 aromatic rings. The highest BCUT2D eigenvalue weighted by atomic mass is 35.5. The lowest BCUT2D eigenvalue weighted by Gasteiger charge is -2.12. The summed E-state index contributed by atoms with van der Waals surface area (Å²) in [5.41, 5.74) is 1.56. The Bertz CT molecular complexity index is 1560. The van der Waals surface area contributed by atoms with E-state index in [4.69, 9.17) is 23.2 Å². The lowest BCUT2D eigenvalue weighted by atomic mass is 10.1. The van der Waals surface area contributed by atoms with Crippen molar-refractivity contribution in [2.24, 2.45) is 0 Å². The molecule has 0 fully saturated rings. The smallest absolute Gasteiger partial charge is 0.272 e. The highest BCUT2D eigenvalue weighted by Crippen LogP contribution is 2.25. The maximum Gasteiger partial charge on any atom is 0.272 e. The first-order valence-electron chi connectivity index (χ1n) is 11.7. The molecular formula is C31H21Cl2FN2O3. The molecule has 5 nitrogen and oxygen atoms in total. The van der Waals surface area contributed by atoms with Crippen molar-refractivity contribution >= 4 is 58.6 Å². The molecule has 0 aromatic heterocycles. The van der Waals surface area contributed by atoms with E-state index >= 15 is 0 Å². The molecule has 0 heterocycles. The molecule has 0 saturated carbocycles. The fraction of sp³-hybridized carbons (Fsp3) is 0. The van der Waals surface area contributed by atoms with E-state index in [-0.39, 0.29) is 17.0 Å². The first-order valence-corrected chi connectivity index (χ1v) is 12.5. The van der Waals surface area contributed by atoms with Gasteiger partial charge in [0.2, 0.25) is 0 Å². The number of allylic oxidation sites excluding steroid dienone is 1. The Hall–Kier alpha value is -4.52. The van der Waals surface area contributed by atoms with Crippen LogP contribution in [-0.4, -0.2) is 17.6 Å². The lowest BCUT2D eigenvalue weighted by Crippen LogP contribution is -2.30. The van der Waals surface area contributed by atoms with Gasteiger partial charge in [0, 0.05) is 38.0 Å². The van der Waals surface area contributed by atoms with Crippen LogP contribution < -0.4 is 10.6 Å². The molecule has 4 rings (SSSR count). The molecule has 2 N–H and O–H groups in total. The molecular weight excluding hydrogens is 538 g/mol. The average Bonchev–Trinajstić information content (AvgIpc) is 2.94. The second-order valence-corrected chi connectivity index (χ2v) is 9.08. The number of hydrogen-bond donors (Lipinski definition) is 2. The number of carbonyl (C=O) groups is 3. The van der Waals surface area contributed by atoms with Gasteiger partial charge in [0.15, 0.2) is 5.78 Å². The predicted molar refractivity (Wildman–Crippen MR) is 153 cm³/mol. The van der Waals surface area contributed by atoms with Crippen molar-refractivity contribution in [1.82, 2.24) is 5.32 Å². The van der Waals surface area contributed by atoms with Crippen LogP contribution in [0, 0.1) is 5.82 Å². The Labute approximate surface area is 234 Å². The van der Waals surface area contributed by atoms with Gasteiger partial charge in [-0.3, -0.25) is 14.4 Å². The number of nitrogens with one attached hydrogen (secondary N) is 2. The van der Waals surface area contributed by atoms with Crippen LogP contribution in [0.25, 0.3) is 12.2 Å². The predicted octanol–water partition coefficient (Wildman–Crippen LogP) is 7.44.